The van der Waals surface area contributed by atoms with Crippen molar-refractivity contribution in [3.05, 3.63) is 41.5 Å². The molecule has 0 aliphatic rings. The quantitative estimate of drug-likeness (QED) is 0.203. The third kappa shape index (κ3) is 2.24. The highest BCUT2D eigenvalue weighted by Gasteiger charge is 2.29. The predicted octanol–water partition coefficient (Wildman–Crippen LogP) is 2.77. The fourth-order valence-corrected chi connectivity index (χ4v) is 0.822. The van der Waals surface area contributed by atoms with E-state index in [1.54, 1.807) is 0 Å². The molecule has 0 saturated heterocycles. The standard InChI is InChI=1S/C9H2F6O2/c1-2(10)9(16)17-8-6(14)4(12)3(11)5(13)7(8)15/h1H2. The van der Waals surface area contributed by atoms with E-state index in [-0.39, 0.29) is 0 Å². The van der Waals surface area contributed by atoms with Gasteiger partial charge < -0.3 is 4.74 Å². The molecular weight excluding hydrogens is 254 g/mol. The number of ether oxygens (including phenoxy) is 1. The van der Waals surface area contributed by atoms with Crippen molar-refractivity contribution >= 4 is 5.97 Å². The first-order valence-corrected chi connectivity index (χ1v) is 3.85. The lowest BCUT2D eigenvalue weighted by Gasteiger charge is -2.07. The summed E-state index contributed by atoms with van der Waals surface area (Å²) in [5, 5.41) is 0. The average Bonchev–Trinajstić information content (AvgIpc) is 2.29. The molecule has 0 amide bonds. The van der Waals surface area contributed by atoms with E-state index in [0.29, 0.717) is 0 Å². The van der Waals surface area contributed by atoms with Gasteiger partial charge in [0.25, 0.3) is 0 Å². The summed E-state index contributed by atoms with van der Waals surface area (Å²) in [4.78, 5) is 10.6. The second-order valence-corrected chi connectivity index (χ2v) is 2.69. The van der Waals surface area contributed by atoms with Crippen LogP contribution in [0.15, 0.2) is 12.4 Å². The number of rotatable bonds is 2. The molecule has 0 bridgehead atoms. The SMILES string of the molecule is C=C(F)C(=O)Oc1c(F)c(F)c(F)c(F)c1F. The van der Waals surface area contributed by atoms with Crippen molar-refractivity contribution in [1.82, 2.24) is 0 Å². The molecule has 2 nitrogen and oxygen atoms in total. The maximum absolute atomic E-state index is 12.9. The van der Waals surface area contributed by atoms with Crippen molar-refractivity contribution in [2.24, 2.45) is 0 Å². The first kappa shape index (κ1) is 13.1. The number of carbonyl (C=O) groups excluding carboxylic acids is 1. The molecular formula is C9H2F6O2. The minimum atomic E-state index is -2.42. The Kier molecular flexibility index (Phi) is 3.45. The smallest absolute Gasteiger partial charge is 0.372 e. The largest absolute Gasteiger partial charge is 0.415 e. The molecule has 0 saturated carbocycles. The number of halogens is 6. The summed E-state index contributed by atoms with van der Waals surface area (Å²) in [5.74, 6) is -17.4. The minimum absolute atomic E-state index is 1.76. The fourth-order valence-electron chi connectivity index (χ4n) is 0.822. The van der Waals surface area contributed by atoms with Crippen LogP contribution in [-0.4, -0.2) is 5.97 Å². The van der Waals surface area contributed by atoms with E-state index in [2.05, 4.69) is 11.3 Å². The number of benzene rings is 1. The number of hydrogen-bond donors (Lipinski definition) is 0. The Morgan fingerprint density at radius 3 is 1.59 bits per heavy atom. The number of hydrogen-bond acceptors (Lipinski definition) is 2. The van der Waals surface area contributed by atoms with Crippen LogP contribution in [0.5, 0.6) is 5.75 Å². The van der Waals surface area contributed by atoms with Crippen molar-refractivity contribution in [1.29, 1.82) is 0 Å². The van der Waals surface area contributed by atoms with Crippen molar-refractivity contribution < 1.29 is 35.9 Å². The summed E-state index contributed by atoms with van der Waals surface area (Å²) in [6.45, 7) is 2.43. The first-order chi connectivity index (χ1) is 7.77. The molecule has 0 heterocycles. The Balaban J connectivity index is 3.35. The van der Waals surface area contributed by atoms with E-state index in [1.165, 1.54) is 0 Å². The highest BCUT2D eigenvalue weighted by Crippen LogP contribution is 2.29. The highest BCUT2D eigenvalue weighted by molar-refractivity contribution is 5.87. The zero-order chi connectivity index (χ0) is 13.3. The van der Waals surface area contributed by atoms with Gasteiger partial charge in [-0.15, -0.1) is 0 Å². The molecule has 0 N–H and O–H groups in total. The van der Waals surface area contributed by atoms with Gasteiger partial charge in [-0.3, -0.25) is 0 Å². The number of carbonyl (C=O) groups is 1. The van der Waals surface area contributed by atoms with Gasteiger partial charge in [-0.25, -0.2) is 18.0 Å². The van der Waals surface area contributed by atoms with E-state index < -0.39 is 46.6 Å². The van der Waals surface area contributed by atoms with E-state index in [0.717, 1.165) is 0 Å². The van der Waals surface area contributed by atoms with Crippen LogP contribution in [-0.2, 0) is 4.79 Å². The van der Waals surface area contributed by atoms with Crippen molar-refractivity contribution in [2.75, 3.05) is 0 Å². The first-order valence-electron chi connectivity index (χ1n) is 3.85. The summed E-state index contributed by atoms with van der Waals surface area (Å²) < 4.78 is 79.3. The summed E-state index contributed by atoms with van der Waals surface area (Å²) in [6.07, 6.45) is 0. The molecule has 0 spiro atoms. The van der Waals surface area contributed by atoms with Crippen molar-refractivity contribution in [2.45, 2.75) is 0 Å². The van der Waals surface area contributed by atoms with Crippen LogP contribution < -0.4 is 4.74 Å². The fraction of sp³-hybridized carbons (Fsp3) is 0. The molecule has 0 radical (unpaired) electrons. The maximum atomic E-state index is 12.9. The third-order valence-corrected chi connectivity index (χ3v) is 1.59. The van der Waals surface area contributed by atoms with Gasteiger partial charge in [0.2, 0.25) is 40.7 Å². The molecule has 0 aliphatic heterocycles. The molecule has 8 heteroatoms. The van der Waals surface area contributed by atoms with Gasteiger partial charge in [-0.2, -0.15) is 13.2 Å². The second kappa shape index (κ2) is 4.48. The molecule has 0 unspecified atom stereocenters. The monoisotopic (exact) mass is 256 g/mol. The molecule has 92 valence electrons. The third-order valence-electron chi connectivity index (χ3n) is 1.59. The van der Waals surface area contributed by atoms with Gasteiger partial charge in [-0.1, -0.05) is 6.58 Å². The van der Waals surface area contributed by atoms with Crippen molar-refractivity contribution in [3.63, 3.8) is 0 Å². The Labute approximate surface area is 90.1 Å². The van der Waals surface area contributed by atoms with Crippen LogP contribution in [0.4, 0.5) is 26.3 Å². The van der Waals surface area contributed by atoms with Gasteiger partial charge in [0, 0.05) is 0 Å². The van der Waals surface area contributed by atoms with Gasteiger partial charge in [0.15, 0.2) is 0 Å². The molecule has 1 rings (SSSR count). The van der Waals surface area contributed by atoms with Gasteiger partial charge in [-0.05, 0) is 0 Å². The lowest BCUT2D eigenvalue weighted by Crippen LogP contribution is -2.13. The van der Waals surface area contributed by atoms with Gasteiger partial charge in [0.05, 0.1) is 0 Å². The summed E-state index contributed by atoms with van der Waals surface area (Å²) in [5.41, 5.74) is 0. The molecule has 1 aromatic carbocycles. The molecule has 0 atom stereocenters. The van der Waals surface area contributed by atoms with E-state index >= 15 is 0 Å². The minimum Gasteiger partial charge on any atom is -0.415 e. The molecule has 0 aromatic heterocycles. The highest BCUT2D eigenvalue weighted by atomic mass is 19.2. The van der Waals surface area contributed by atoms with E-state index in [1.807, 2.05) is 0 Å². The Morgan fingerprint density at radius 1 is 0.882 bits per heavy atom. The van der Waals surface area contributed by atoms with Crippen LogP contribution in [0, 0.1) is 29.1 Å². The van der Waals surface area contributed by atoms with Gasteiger partial charge in [0.1, 0.15) is 0 Å². The topological polar surface area (TPSA) is 26.3 Å². The Hall–Kier alpha value is -1.99. The molecule has 1 aromatic rings. The Bertz CT molecular complexity index is 482. The maximum Gasteiger partial charge on any atom is 0.372 e. The lowest BCUT2D eigenvalue weighted by molar-refractivity contribution is -0.132. The summed E-state index contributed by atoms with van der Waals surface area (Å²) in [7, 11) is 0. The molecule has 0 aliphatic carbocycles. The predicted molar refractivity (Wildman–Crippen MR) is 42.1 cm³/mol. The van der Waals surface area contributed by atoms with Crippen LogP contribution in [0.1, 0.15) is 0 Å². The summed E-state index contributed by atoms with van der Waals surface area (Å²) in [6, 6.07) is 0. The number of esters is 1. The normalized spacial score (nSPS) is 10.2. The molecule has 17 heavy (non-hydrogen) atoms. The average molecular weight is 256 g/mol. The zero-order valence-corrected chi connectivity index (χ0v) is 7.79. The van der Waals surface area contributed by atoms with E-state index in [4.69, 9.17) is 0 Å². The van der Waals surface area contributed by atoms with Crippen LogP contribution in [0.25, 0.3) is 0 Å². The van der Waals surface area contributed by atoms with E-state index in [9.17, 15) is 31.1 Å². The lowest BCUT2D eigenvalue weighted by atomic mass is 10.2. The van der Waals surface area contributed by atoms with Crippen molar-refractivity contribution in [3.8, 4) is 5.75 Å². The second-order valence-electron chi connectivity index (χ2n) is 2.69. The Morgan fingerprint density at radius 2 is 1.24 bits per heavy atom. The zero-order valence-electron chi connectivity index (χ0n) is 7.79. The van der Waals surface area contributed by atoms with Gasteiger partial charge >= 0.3 is 5.97 Å². The summed E-state index contributed by atoms with van der Waals surface area (Å²) >= 11 is 0. The molecule has 0 fully saturated rings. The van der Waals surface area contributed by atoms with Crippen LogP contribution in [0.3, 0.4) is 0 Å². The van der Waals surface area contributed by atoms with Crippen LogP contribution >= 0.6 is 0 Å². The van der Waals surface area contributed by atoms with Crippen LogP contribution in [0.2, 0.25) is 0 Å².